The van der Waals surface area contributed by atoms with Gasteiger partial charge in [0.2, 0.25) is 0 Å². The van der Waals surface area contributed by atoms with Crippen molar-refractivity contribution in [3.8, 4) is 17.0 Å². The fourth-order valence-corrected chi connectivity index (χ4v) is 2.53. The number of aryl methyl sites for hydroxylation is 1. The van der Waals surface area contributed by atoms with E-state index in [4.69, 9.17) is 0 Å². The van der Waals surface area contributed by atoms with Crippen LogP contribution in [0.5, 0.6) is 5.75 Å². The molecule has 1 aromatic carbocycles. The van der Waals surface area contributed by atoms with Crippen LogP contribution in [0.4, 0.5) is 0 Å². The van der Waals surface area contributed by atoms with E-state index in [-0.39, 0.29) is 0 Å². The smallest absolute Gasteiger partial charge is 0.125 e. The van der Waals surface area contributed by atoms with Gasteiger partial charge in [-0.15, -0.1) is 11.3 Å². The van der Waals surface area contributed by atoms with Crippen molar-refractivity contribution in [1.29, 1.82) is 0 Å². The van der Waals surface area contributed by atoms with Crippen LogP contribution in [0.15, 0.2) is 23.7 Å². The molecule has 0 aliphatic carbocycles. The zero-order valence-corrected chi connectivity index (χ0v) is 11.2. The SMILES string of the molecule is Cc1scnc1-c1cc(CC(C)C)ccc1O. The Labute approximate surface area is 106 Å². The highest BCUT2D eigenvalue weighted by atomic mass is 32.1. The second kappa shape index (κ2) is 4.88. The highest BCUT2D eigenvalue weighted by Crippen LogP contribution is 2.33. The molecule has 17 heavy (non-hydrogen) atoms. The molecule has 2 aromatic rings. The number of hydrogen-bond acceptors (Lipinski definition) is 3. The fraction of sp³-hybridized carbons (Fsp3) is 0.357. The minimum atomic E-state index is 0.312. The Morgan fingerprint density at radius 2 is 2.12 bits per heavy atom. The van der Waals surface area contributed by atoms with Crippen LogP contribution in [0.3, 0.4) is 0 Å². The molecule has 0 amide bonds. The molecule has 2 nitrogen and oxygen atoms in total. The molecule has 0 aliphatic heterocycles. The van der Waals surface area contributed by atoms with Crippen molar-refractivity contribution in [1.82, 2.24) is 4.98 Å². The molecule has 1 heterocycles. The van der Waals surface area contributed by atoms with E-state index in [1.54, 1.807) is 17.4 Å². The van der Waals surface area contributed by atoms with E-state index in [9.17, 15) is 5.11 Å². The molecule has 0 bridgehead atoms. The topological polar surface area (TPSA) is 33.1 Å². The maximum Gasteiger partial charge on any atom is 0.125 e. The van der Waals surface area contributed by atoms with Crippen molar-refractivity contribution < 1.29 is 5.11 Å². The summed E-state index contributed by atoms with van der Waals surface area (Å²) in [6, 6.07) is 5.81. The first-order valence-electron chi connectivity index (χ1n) is 5.80. The van der Waals surface area contributed by atoms with Crippen molar-refractivity contribution in [3.05, 3.63) is 34.2 Å². The summed E-state index contributed by atoms with van der Waals surface area (Å²) in [5.41, 5.74) is 4.82. The predicted molar refractivity (Wildman–Crippen MR) is 72.5 cm³/mol. The van der Waals surface area contributed by atoms with Crippen molar-refractivity contribution in [2.75, 3.05) is 0 Å². The van der Waals surface area contributed by atoms with Crippen molar-refractivity contribution >= 4 is 11.3 Å². The number of phenols is 1. The number of hydrogen-bond donors (Lipinski definition) is 1. The van der Waals surface area contributed by atoms with Crippen LogP contribution in [0.25, 0.3) is 11.3 Å². The maximum absolute atomic E-state index is 9.93. The van der Waals surface area contributed by atoms with Gasteiger partial charge in [-0.25, -0.2) is 4.98 Å². The molecule has 2 rings (SSSR count). The zero-order chi connectivity index (χ0) is 12.4. The summed E-state index contributed by atoms with van der Waals surface area (Å²) in [7, 11) is 0. The average Bonchev–Trinajstić information content (AvgIpc) is 2.67. The van der Waals surface area contributed by atoms with Gasteiger partial charge < -0.3 is 5.11 Å². The molecule has 1 N–H and O–H groups in total. The molecule has 90 valence electrons. The number of rotatable bonds is 3. The Morgan fingerprint density at radius 1 is 1.35 bits per heavy atom. The monoisotopic (exact) mass is 247 g/mol. The first-order valence-corrected chi connectivity index (χ1v) is 6.68. The Bertz CT molecular complexity index is 517. The fourth-order valence-electron chi connectivity index (χ4n) is 1.94. The summed E-state index contributed by atoms with van der Waals surface area (Å²) in [6.45, 7) is 6.42. The lowest BCUT2D eigenvalue weighted by Gasteiger charge is -2.08. The van der Waals surface area contributed by atoms with Gasteiger partial charge in [-0.2, -0.15) is 0 Å². The summed E-state index contributed by atoms with van der Waals surface area (Å²) < 4.78 is 0. The van der Waals surface area contributed by atoms with Gasteiger partial charge in [0.25, 0.3) is 0 Å². The number of benzene rings is 1. The van der Waals surface area contributed by atoms with Gasteiger partial charge in [-0.1, -0.05) is 19.9 Å². The summed E-state index contributed by atoms with van der Waals surface area (Å²) in [5.74, 6) is 0.926. The van der Waals surface area contributed by atoms with Gasteiger partial charge in [0.15, 0.2) is 0 Å². The molecular formula is C14H17NOS. The standard InChI is InChI=1S/C14H17NOS/c1-9(2)6-11-4-5-13(16)12(7-11)14-10(3)17-8-15-14/h4-5,7-9,16H,6H2,1-3H3. The lowest BCUT2D eigenvalue weighted by atomic mass is 9.99. The molecule has 0 fully saturated rings. The first-order chi connectivity index (χ1) is 8.08. The highest BCUT2D eigenvalue weighted by molar-refractivity contribution is 7.10. The highest BCUT2D eigenvalue weighted by Gasteiger charge is 2.11. The molecule has 1 aromatic heterocycles. The van der Waals surface area contributed by atoms with E-state index in [1.165, 1.54) is 5.56 Å². The van der Waals surface area contributed by atoms with E-state index >= 15 is 0 Å². The van der Waals surface area contributed by atoms with E-state index in [2.05, 4.69) is 24.9 Å². The number of phenolic OH excluding ortho intramolecular Hbond substituents is 1. The lowest BCUT2D eigenvalue weighted by molar-refractivity contribution is 0.476. The number of aromatic nitrogens is 1. The molecule has 0 saturated carbocycles. The van der Waals surface area contributed by atoms with Crippen LogP contribution < -0.4 is 0 Å². The van der Waals surface area contributed by atoms with Gasteiger partial charge in [-0.05, 0) is 37.0 Å². The van der Waals surface area contributed by atoms with Gasteiger partial charge in [0, 0.05) is 10.4 Å². The van der Waals surface area contributed by atoms with Gasteiger partial charge >= 0.3 is 0 Å². The van der Waals surface area contributed by atoms with Crippen molar-refractivity contribution in [2.24, 2.45) is 5.92 Å². The molecule has 0 atom stereocenters. The Morgan fingerprint density at radius 3 is 2.71 bits per heavy atom. The molecule has 0 radical (unpaired) electrons. The van der Waals surface area contributed by atoms with E-state index in [1.807, 2.05) is 18.5 Å². The van der Waals surface area contributed by atoms with Crippen LogP contribution in [0.2, 0.25) is 0 Å². The second-order valence-electron chi connectivity index (χ2n) is 4.71. The molecule has 3 heteroatoms. The minimum absolute atomic E-state index is 0.312. The third-order valence-electron chi connectivity index (χ3n) is 2.70. The third kappa shape index (κ3) is 2.67. The number of aromatic hydroxyl groups is 1. The second-order valence-corrected chi connectivity index (χ2v) is 5.77. The van der Waals surface area contributed by atoms with Crippen LogP contribution in [0, 0.1) is 12.8 Å². The number of thiazole rings is 1. The summed E-state index contributed by atoms with van der Waals surface area (Å²) in [6.07, 6.45) is 1.02. The zero-order valence-electron chi connectivity index (χ0n) is 10.4. The predicted octanol–water partition coefficient (Wildman–Crippen LogP) is 4.02. The average molecular weight is 247 g/mol. The largest absolute Gasteiger partial charge is 0.507 e. The normalized spacial score (nSPS) is 11.1. The van der Waals surface area contributed by atoms with Crippen LogP contribution in [0.1, 0.15) is 24.3 Å². The molecule has 0 saturated heterocycles. The summed E-state index contributed by atoms with van der Waals surface area (Å²) >= 11 is 1.61. The molecule has 0 unspecified atom stereocenters. The van der Waals surface area contributed by atoms with Gasteiger partial charge in [0.1, 0.15) is 5.75 Å². The van der Waals surface area contributed by atoms with E-state index in [0.29, 0.717) is 11.7 Å². The van der Waals surface area contributed by atoms with Crippen molar-refractivity contribution in [3.63, 3.8) is 0 Å². The Kier molecular flexibility index (Phi) is 3.48. The van der Waals surface area contributed by atoms with Gasteiger partial charge in [-0.3, -0.25) is 0 Å². The molecule has 0 spiro atoms. The van der Waals surface area contributed by atoms with Crippen LogP contribution in [-0.2, 0) is 6.42 Å². The number of nitrogens with zero attached hydrogens (tertiary/aromatic N) is 1. The molecule has 0 aliphatic rings. The first kappa shape index (κ1) is 12.1. The van der Waals surface area contributed by atoms with E-state index < -0.39 is 0 Å². The van der Waals surface area contributed by atoms with Crippen LogP contribution >= 0.6 is 11.3 Å². The van der Waals surface area contributed by atoms with Crippen LogP contribution in [-0.4, -0.2) is 10.1 Å². The van der Waals surface area contributed by atoms with Gasteiger partial charge in [0.05, 0.1) is 11.2 Å². The maximum atomic E-state index is 9.93. The Balaban J connectivity index is 2.43. The van der Waals surface area contributed by atoms with Crippen molar-refractivity contribution in [2.45, 2.75) is 27.2 Å². The minimum Gasteiger partial charge on any atom is -0.507 e. The summed E-state index contributed by atoms with van der Waals surface area (Å²) in [5, 5.41) is 9.93. The molecular weight excluding hydrogens is 230 g/mol. The quantitative estimate of drug-likeness (QED) is 0.888. The Hall–Kier alpha value is -1.35. The van der Waals surface area contributed by atoms with E-state index in [0.717, 1.165) is 22.6 Å². The third-order valence-corrected chi connectivity index (χ3v) is 3.46. The lowest BCUT2D eigenvalue weighted by Crippen LogP contribution is -1.94. The summed E-state index contributed by atoms with van der Waals surface area (Å²) in [4.78, 5) is 5.47.